The van der Waals surface area contributed by atoms with Gasteiger partial charge in [-0.2, -0.15) is 0 Å². The Morgan fingerprint density at radius 3 is 2.90 bits per heavy atom. The van der Waals surface area contributed by atoms with Crippen LogP contribution in [0.3, 0.4) is 0 Å². The summed E-state index contributed by atoms with van der Waals surface area (Å²) < 4.78 is 0. The minimum atomic E-state index is 0.804. The summed E-state index contributed by atoms with van der Waals surface area (Å²) in [5.74, 6) is 0. The molecule has 0 spiro atoms. The zero-order valence-electron chi connectivity index (χ0n) is 17.2. The first-order chi connectivity index (χ1) is 14.1. The molecule has 0 radical (unpaired) electrons. The van der Waals surface area contributed by atoms with Crippen LogP contribution in [0.2, 0.25) is 5.02 Å². The fourth-order valence-corrected chi connectivity index (χ4v) is 4.18. The van der Waals surface area contributed by atoms with Crippen molar-refractivity contribution in [1.29, 1.82) is 0 Å². The van der Waals surface area contributed by atoms with Gasteiger partial charge in [-0.3, -0.25) is 4.98 Å². The van der Waals surface area contributed by atoms with E-state index in [4.69, 9.17) is 11.6 Å². The highest BCUT2D eigenvalue weighted by molar-refractivity contribution is 6.30. The summed E-state index contributed by atoms with van der Waals surface area (Å²) in [5, 5.41) is 2.02. The Kier molecular flexibility index (Phi) is 6.13. The highest BCUT2D eigenvalue weighted by atomic mass is 35.5. The molecule has 1 aliphatic rings. The number of allylic oxidation sites excluding steroid dienone is 2. The third-order valence-electron chi connectivity index (χ3n) is 5.67. The van der Waals surface area contributed by atoms with E-state index < -0.39 is 0 Å². The number of para-hydroxylation sites is 1. The molecule has 4 rings (SSSR count). The van der Waals surface area contributed by atoms with Gasteiger partial charge in [-0.15, -0.1) is 0 Å². The number of halogens is 1. The third-order valence-corrected chi connectivity index (χ3v) is 5.90. The summed E-state index contributed by atoms with van der Waals surface area (Å²) >= 11 is 6.30. The molecule has 2 nitrogen and oxygen atoms in total. The lowest BCUT2D eigenvalue weighted by molar-refractivity contribution is 0.368. The molecule has 0 aliphatic carbocycles. The summed E-state index contributed by atoms with van der Waals surface area (Å²) in [6.45, 7) is 4.23. The number of benzene rings is 2. The molecule has 3 heteroatoms. The van der Waals surface area contributed by atoms with Crippen molar-refractivity contribution in [2.24, 2.45) is 0 Å². The Hall–Kier alpha value is -2.42. The predicted octanol–water partition coefficient (Wildman–Crippen LogP) is 6.47. The summed E-state index contributed by atoms with van der Waals surface area (Å²) in [6, 6.07) is 16.8. The van der Waals surface area contributed by atoms with E-state index >= 15 is 0 Å². The monoisotopic (exact) mass is 402 g/mol. The molecular weight excluding hydrogens is 376 g/mol. The quantitative estimate of drug-likeness (QED) is 0.485. The van der Waals surface area contributed by atoms with Gasteiger partial charge in [0, 0.05) is 29.7 Å². The van der Waals surface area contributed by atoms with Crippen LogP contribution in [0.5, 0.6) is 0 Å². The zero-order valence-corrected chi connectivity index (χ0v) is 17.9. The lowest BCUT2D eigenvalue weighted by atomic mass is 9.91. The molecule has 3 aromatic rings. The van der Waals surface area contributed by atoms with Crippen LogP contribution in [0.1, 0.15) is 29.5 Å². The number of likely N-dealkylation sites (N-methyl/N-ethyl adjacent to an activating group) is 1. The molecule has 0 saturated heterocycles. The van der Waals surface area contributed by atoms with Crippen LogP contribution in [-0.4, -0.2) is 30.0 Å². The van der Waals surface area contributed by atoms with Crippen LogP contribution in [0, 0.1) is 6.92 Å². The van der Waals surface area contributed by atoms with E-state index in [0.717, 1.165) is 42.9 Å². The molecular formula is C26H27ClN2. The van der Waals surface area contributed by atoms with E-state index in [0.29, 0.717) is 0 Å². The highest BCUT2D eigenvalue weighted by Crippen LogP contribution is 2.31. The first kappa shape index (κ1) is 19.9. The standard InChI is InChI=1S/C26H27ClN2/c1-19-11-12-23(27)16-24(19)25-18-29(2)14-13-21(25)8-4-3-7-20-15-22-9-5-6-10-26(22)28-17-20/h4-6,8-12,15-17H,3,7,13-14,18H2,1-2H3/b8-4+. The van der Waals surface area contributed by atoms with Gasteiger partial charge in [0.25, 0.3) is 0 Å². The van der Waals surface area contributed by atoms with Gasteiger partial charge in [0.15, 0.2) is 0 Å². The molecule has 0 amide bonds. The number of pyridine rings is 1. The smallest absolute Gasteiger partial charge is 0.0702 e. The van der Waals surface area contributed by atoms with Gasteiger partial charge in [-0.1, -0.05) is 48.0 Å². The van der Waals surface area contributed by atoms with Crippen LogP contribution in [0.4, 0.5) is 0 Å². The molecule has 0 bridgehead atoms. The Bertz CT molecular complexity index is 1080. The fraction of sp³-hybridized carbons (Fsp3) is 0.269. The maximum Gasteiger partial charge on any atom is 0.0702 e. The molecule has 2 heterocycles. The average Bonchev–Trinajstić information content (AvgIpc) is 2.73. The minimum Gasteiger partial charge on any atom is -0.302 e. The van der Waals surface area contributed by atoms with Gasteiger partial charge in [-0.05, 0) is 85.3 Å². The summed E-state index contributed by atoms with van der Waals surface area (Å²) in [7, 11) is 2.19. The van der Waals surface area contributed by atoms with Gasteiger partial charge < -0.3 is 4.90 Å². The Balaban J connectivity index is 1.52. The fourth-order valence-electron chi connectivity index (χ4n) is 4.00. The van der Waals surface area contributed by atoms with E-state index in [9.17, 15) is 0 Å². The highest BCUT2D eigenvalue weighted by Gasteiger charge is 2.17. The number of hydrogen-bond donors (Lipinski definition) is 0. The predicted molar refractivity (Wildman–Crippen MR) is 124 cm³/mol. The second kappa shape index (κ2) is 8.94. The molecule has 0 saturated carbocycles. The van der Waals surface area contributed by atoms with Crippen LogP contribution in [0.15, 0.2) is 72.5 Å². The van der Waals surface area contributed by atoms with Gasteiger partial charge in [0.1, 0.15) is 0 Å². The lowest BCUT2D eigenvalue weighted by Crippen LogP contribution is -2.27. The first-order valence-corrected chi connectivity index (χ1v) is 10.7. The average molecular weight is 403 g/mol. The van der Waals surface area contributed by atoms with Crippen molar-refractivity contribution in [2.75, 3.05) is 20.1 Å². The van der Waals surface area contributed by atoms with Gasteiger partial charge in [-0.25, -0.2) is 0 Å². The maximum atomic E-state index is 6.30. The number of rotatable bonds is 5. The van der Waals surface area contributed by atoms with Crippen molar-refractivity contribution in [3.8, 4) is 0 Å². The molecule has 1 aromatic heterocycles. The number of aryl methyl sites for hydroxylation is 2. The van der Waals surface area contributed by atoms with Crippen LogP contribution >= 0.6 is 11.6 Å². The molecule has 0 fully saturated rings. The van der Waals surface area contributed by atoms with Crippen molar-refractivity contribution < 1.29 is 0 Å². The summed E-state index contributed by atoms with van der Waals surface area (Å²) in [4.78, 5) is 6.96. The van der Waals surface area contributed by atoms with Crippen molar-refractivity contribution in [1.82, 2.24) is 9.88 Å². The number of fused-ring (bicyclic) bond motifs is 1. The van der Waals surface area contributed by atoms with Crippen molar-refractivity contribution >= 4 is 28.1 Å². The SMILES string of the molecule is Cc1ccc(Cl)cc1C1=C(/C=C/CCc2cnc3ccccc3c2)CCN(C)C1. The van der Waals surface area contributed by atoms with Crippen LogP contribution < -0.4 is 0 Å². The van der Waals surface area contributed by atoms with Gasteiger partial charge >= 0.3 is 0 Å². The van der Waals surface area contributed by atoms with E-state index in [-0.39, 0.29) is 0 Å². The first-order valence-electron chi connectivity index (χ1n) is 10.3. The molecule has 148 valence electrons. The summed E-state index contributed by atoms with van der Waals surface area (Å²) in [6.07, 6.45) is 9.75. The molecule has 0 unspecified atom stereocenters. The number of aromatic nitrogens is 1. The van der Waals surface area contributed by atoms with Crippen molar-refractivity contribution in [3.05, 3.63) is 94.2 Å². The number of hydrogen-bond acceptors (Lipinski definition) is 2. The lowest BCUT2D eigenvalue weighted by Gasteiger charge is -2.28. The largest absolute Gasteiger partial charge is 0.302 e. The van der Waals surface area contributed by atoms with Gasteiger partial charge in [0.2, 0.25) is 0 Å². The Morgan fingerprint density at radius 2 is 2.00 bits per heavy atom. The second-order valence-corrected chi connectivity index (χ2v) is 8.36. The minimum absolute atomic E-state index is 0.804. The van der Waals surface area contributed by atoms with Crippen molar-refractivity contribution in [3.63, 3.8) is 0 Å². The van der Waals surface area contributed by atoms with E-state index in [2.05, 4.69) is 72.4 Å². The molecule has 0 N–H and O–H groups in total. The molecule has 2 aromatic carbocycles. The number of nitrogens with zero attached hydrogens (tertiary/aromatic N) is 2. The second-order valence-electron chi connectivity index (χ2n) is 7.93. The van der Waals surface area contributed by atoms with Gasteiger partial charge in [0.05, 0.1) is 5.52 Å². The van der Waals surface area contributed by atoms with Crippen molar-refractivity contribution in [2.45, 2.75) is 26.2 Å². The molecule has 29 heavy (non-hydrogen) atoms. The zero-order chi connectivity index (χ0) is 20.2. The van der Waals surface area contributed by atoms with Crippen LogP contribution in [0.25, 0.3) is 16.5 Å². The normalized spacial score (nSPS) is 15.6. The van der Waals surface area contributed by atoms with E-state index in [1.807, 2.05) is 18.3 Å². The maximum absolute atomic E-state index is 6.30. The summed E-state index contributed by atoms with van der Waals surface area (Å²) in [5.41, 5.74) is 7.75. The molecule has 1 aliphatic heterocycles. The Labute approximate surface area is 178 Å². The van der Waals surface area contributed by atoms with E-state index in [1.54, 1.807) is 0 Å². The van der Waals surface area contributed by atoms with Crippen LogP contribution in [-0.2, 0) is 6.42 Å². The topological polar surface area (TPSA) is 16.1 Å². The Morgan fingerprint density at radius 1 is 1.14 bits per heavy atom. The molecule has 0 atom stereocenters. The third kappa shape index (κ3) is 4.77. The van der Waals surface area contributed by atoms with E-state index in [1.165, 1.54) is 33.2 Å².